The van der Waals surface area contributed by atoms with Crippen molar-refractivity contribution in [3.63, 3.8) is 0 Å². The fourth-order valence-electron chi connectivity index (χ4n) is 2.46. The Labute approximate surface area is 128 Å². The standard InChI is InChI=1S/C15H18ClN3O2/c1-20-12-5-3-10(9-11(12)16)4-6-13-18-14(19-21-13)15(17)7-2-8-15/h3,5,9H,2,4,6-8,17H2,1H3. The summed E-state index contributed by atoms with van der Waals surface area (Å²) in [5, 5.41) is 4.62. The Hall–Kier alpha value is -1.59. The van der Waals surface area contributed by atoms with Crippen LogP contribution in [0.4, 0.5) is 0 Å². The Morgan fingerprint density at radius 1 is 1.38 bits per heavy atom. The molecule has 0 aliphatic heterocycles. The van der Waals surface area contributed by atoms with Gasteiger partial charge in [0.15, 0.2) is 5.82 Å². The minimum absolute atomic E-state index is 0.370. The molecule has 1 aromatic heterocycles. The number of nitrogens with zero attached hydrogens (tertiary/aromatic N) is 2. The number of halogens is 1. The Morgan fingerprint density at radius 2 is 2.19 bits per heavy atom. The van der Waals surface area contributed by atoms with Gasteiger partial charge in [0.2, 0.25) is 5.89 Å². The average molecular weight is 308 g/mol. The first kappa shape index (κ1) is 14.4. The molecule has 1 heterocycles. The van der Waals surface area contributed by atoms with Gasteiger partial charge in [-0.25, -0.2) is 0 Å². The molecule has 0 unspecified atom stereocenters. The lowest BCUT2D eigenvalue weighted by Gasteiger charge is -2.34. The van der Waals surface area contributed by atoms with Gasteiger partial charge >= 0.3 is 0 Å². The number of aryl methyl sites for hydroxylation is 2. The van der Waals surface area contributed by atoms with Crippen molar-refractivity contribution in [2.75, 3.05) is 7.11 Å². The lowest BCUT2D eigenvalue weighted by Crippen LogP contribution is -2.44. The maximum absolute atomic E-state index is 6.18. The van der Waals surface area contributed by atoms with E-state index in [1.54, 1.807) is 7.11 Å². The van der Waals surface area contributed by atoms with Crippen LogP contribution < -0.4 is 10.5 Å². The summed E-state index contributed by atoms with van der Waals surface area (Å²) in [7, 11) is 1.60. The van der Waals surface area contributed by atoms with Crippen LogP contribution in [0.3, 0.4) is 0 Å². The van der Waals surface area contributed by atoms with E-state index in [0.29, 0.717) is 28.9 Å². The van der Waals surface area contributed by atoms with E-state index >= 15 is 0 Å². The summed E-state index contributed by atoms with van der Waals surface area (Å²) in [5.41, 5.74) is 6.91. The van der Waals surface area contributed by atoms with E-state index in [1.165, 1.54) is 0 Å². The van der Waals surface area contributed by atoms with Crippen LogP contribution in [0.1, 0.15) is 36.5 Å². The predicted octanol–water partition coefficient (Wildman–Crippen LogP) is 2.85. The van der Waals surface area contributed by atoms with E-state index in [4.69, 9.17) is 26.6 Å². The third-order valence-electron chi connectivity index (χ3n) is 4.00. The van der Waals surface area contributed by atoms with Crippen LogP contribution in [0, 0.1) is 0 Å². The van der Waals surface area contributed by atoms with Crippen molar-refractivity contribution in [2.45, 2.75) is 37.6 Å². The van der Waals surface area contributed by atoms with Crippen LogP contribution in [-0.4, -0.2) is 17.3 Å². The van der Waals surface area contributed by atoms with E-state index in [2.05, 4.69) is 10.1 Å². The van der Waals surface area contributed by atoms with Crippen molar-refractivity contribution in [2.24, 2.45) is 5.73 Å². The molecule has 0 saturated heterocycles. The fraction of sp³-hybridized carbons (Fsp3) is 0.467. The maximum Gasteiger partial charge on any atom is 0.227 e. The monoisotopic (exact) mass is 307 g/mol. The second-order valence-electron chi connectivity index (χ2n) is 5.49. The number of ether oxygens (including phenoxy) is 1. The molecule has 0 atom stereocenters. The summed E-state index contributed by atoms with van der Waals surface area (Å²) in [6.45, 7) is 0. The van der Waals surface area contributed by atoms with Crippen molar-refractivity contribution >= 4 is 11.6 Å². The Morgan fingerprint density at radius 3 is 2.81 bits per heavy atom. The summed E-state index contributed by atoms with van der Waals surface area (Å²) in [5.74, 6) is 1.93. The Kier molecular flexibility index (Phi) is 3.87. The van der Waals surface area contributed by atoms with Gasteiger partial charge < -0.3 is 15.0 Å². The van der Waals surface area contributed by atoms with Gasteiger partial charge in [0, 0.05) is 6.42 Å². The van der Waals surface area contributed by atoms with E-state index < -0.39 is 0 Å². The first-order valence-electron chi connectivity index (χ1n) is 7.05. The molecule has 21 heavy (non-hydrogen) atoms. The predicted molar refractivity (Wildman–Crippen MR) is 79.4 cm³/mol. The molecular formula is C15H18ClN3O2. The quantitative estimate of drug-likeness (QED) is 0.919. The highest BCUT2D eigenvalue weighted by molar-refractivity contribution is 6.32. The molecule has 2 aromatic rings. The summed E-state index contributed by atoms with van der Waals surface area (Å²) in [6, 6.07) is 5.74. The number of aromatic nitrogens is 2. The largest absolute Gasteiger partial charge is 0.495 e. The molecule has 1 aromatic carbocycles. The molecule has 0 amide bonds. The van der Waals surface area contributed by atoms with E-state index in [-0.39, 0.29) is 5.54 Å². The molecule has 1 fully saturated rings. The molecule has 3 rings (SSSR count). The number of hydrogen-bond acceptors (Lipinski definition) is 5. The first-order chi connectivity index (χ1) is 10.1. The van der Waals surface area contributed by atoms with Gasteiger partial charge in [0.1, 0.15) is 5.75 Å². The van der Waals surface area contributed by atoms with Gasteiger partial charge in [0.25, 0.3) is 0 Å². The number of hydrogen-bond donors (Lipinski definition) is 1. The first-order valence-corrected chi connectivity index (χ1v) is 7.43. The van der Waals surface area contributed by atoms with E-state index in [1.807, 2.05) is 18.2 Å². The average Bonchev–Trinajstić information content (AvgIpc) is 2.92. The molecule has 6 heteroatoms. The third kappa shape index (κ3) is 2.89. The van der Waals surface area contributed by atoms with Crippen LogP contribution >= 0.6 is 11.6 Å². The van der Waals surface area contributed by atoms with Crippen LogP contribution in [0.2, 0.25) is 5.02 Å². The van der Waals surface area contributed by atoms with Gasteiger partial charge in [0.05, 0.1) is 17.7 Å². The summed E-state index contributed by atoms with van der Waals surface area (Å²) < 4.78 is 10.4. The third-order valence-corrected chi connectivity index (χ3v) is 4.30. The highest BCUT2D eigenvalue weighted by atomic mass is 35.5. The minimum Gasteiger partial charge on any atom is -0.495 e. The molecule has 2 N–H and O–H groups in total. The molecule has 1 saturated carbocycles. The van der Waals surface area contributed by atoms with E-state index in [9.17, 15) is 0 Å². The summed E-state index contributed by atoms with van der Waals surface area (Å²) in [4.78, 5) is 4.41. The van der Waals surface area contributed by atoms with Gasteiger partial charge in [-0.05, 0) is 43.4 Å². The van der Waals surface area contributed by atoms with Crippen molar-refractivity contribution < 1.29 is 9.26 Å². The molecule has 5 nitrogen and oxygen atoms in total. The zero-order chi connectivity index (χ0) is 14.9. The number of rotatable bonds is 5. The van der Waals surface area contributed by atoms with Crippen LogP contribution in [0.15, 0.2) is 22.7 Å². The smallest absolute Gasteiger partial charge is 0.227 e. The highest BCUT2D eigenvalue weighted by Crippen LogP contribution is 2.36. The van der Waals surface area contributed by atoms with Crippen LogP contribution in [-0.2, 0) is 18.4 Å². The van der Waals surface area contributed by atoms with Gasteiger partial charge in [-0.2, -0.15) is 4.98 Å². The highest BCUT2D eigenvalue weighted by Gasteiger charge is 2.38. The second-order valence-corrected chi connectivity index (χ2v) is 5.90. The molecule has 1 aliphatic carbocycles. The van der Waals surface area contributed by atoms with Crippen molar-refractivity contribution in [1.82, 2.24) is 10.1 Å². The lowest BCUT2D eigenvalue weighted by molar-refractivity contribution is 0.229. The lowest BCUT2D eigenvalue weighted by atomic mass is 9.77. The SMILES string of the molecule is COc1ccc(CCc2nc(C3(N)CCC3)no2)cc1Cl. The summed E-state index contributed by atoms with van der Waals surface area (Å²) >= 11 is 6.11. The molecule has 112 valence electrons. The molecule has 0 spiro atoms. The van der Waals surface area contributed by atoms with Crippen molar-refractivity contribution in [1.29, 1.82) is 0 Å². The molecule has 0 bridgehead atoms. The number of benzene rings is 1. The van der Waals surface area contributed by atoms with Crippen molar-refractivity contribution in [3.05, 3.63) is 40.5 Å². The van der Waals surface area contributed by atoms with Gasteiger partial charge in [-0.15, -0.1) is 0 Å². The zero-order valence-corrected chi connectivity index (χ0v) is 12.7. The number of methoxy groups -OCH3 is 1. The normalized spacial score (nSPS) is 16.5. The molecular weight excluding hydrogens is 290 g/mol. The minimum atomic E-state index is -0.370. The maximum atomic E-state index is 6.18. The van der Waals surface area contributed by atoms with E-state index in [0.717, 1.165) is 31.2 Å². The second kappa shape index (κ2) is 5.66. The molecule has 1 aliphatic rings. The summed E-state index contributed by atoms with van der Waals surface area (Å²) in [6.07, 6.45) is 4.44. The Bertz CT molecular complexity index is 638. The fourth-order valence-corrected chi connectivity index (χ4v) is 2.74. The zero-order valence-electron chi connectivity index (χ0n) is 11.9. The van der Waals surface area contributed by atoms with Crippen LogP contribution in [0.5, 0.6) is 5.75 Å². The van der Waals surface area contributed by atoms with Gasteiger partial charge in [-0.3, -0.25) is 0 Å². The Balaban J connectivity index is 1.64. The molecule has 0 radical (unpaired) electrons. The van der Waals surface area contributed by atoms with Crippen LogP contribution in [0.25, 0.3) is 0 Å². The van der Waals surface area contributed by atoms with Crippen molar-refractivity contribution in [3.8, 4) is 5.75 Å². The number of nitrogens with two attached hydrogens (primary N) is 1. The topological polar surface area (TPSA) is 74.2 Å². The van der Waals surface area contributed by atoms with Gasteiger partial charge in [-0.1, -0.05) is 22.8 Å².